The highest BCUT2D eigenvalue weighted by atomic mass is 16.5. The molecule has 0 spiro atoms. The van der Waals surface area contributed by atoms with Crippen molar-refractivity contribution >= 4 is 5.91 Å². The average molecular weight is 344 g/mol. The monoisotopic (exact) mass is 344 g/mol. The topological polar surface area (TPSA) is 32.8 Å². The van der Waals surface area contributed by atoms with Crippen molar-refractivity contribution in [2.24, 2.45) is 5.92 Å². The van der Waals surface area contributed by atoms with E-state index in [9.17, 15) is 4.79 Å². The minimum Gasteiger partial charge on any atom is -0.491 e. The van der Waals surface area contributed by atoms with Crippen LogP contribution in [0.15, 0.2) is 18.2 Å². The van der Waals surface area contributed by atoms with E-state index in [0.717, 1.165) is 30.9 Å². The lowest BCUT2D eigenvalue weighted by molar-refractivity contribution is -0.132. The van der Waals surface area contributed by atoms with Gasteiger partial charge in [-0.3, -0.25) is 9.69 Å². The summed E-state index contributed by atoms with van der Waals surface area (Å²) in [5.41, 5.74) is 2.46. The van der Waals surface area contributed by atoms with Gasteiger partial charge in [-0.1, -0.05) is 32.8 Å². The molecule has 0 bridgehead atoms. The maximum atomic E-state index is 12.7. The fourth-order valence-corrected chi connectivity index (χ4v) is 4.05. The Balaban J connectivity index is 1.68. The molecule has 138 valence electrons. The zero-order valence-corrected chi connectivity index (χ0v) is 15.8. The second kappa shape index (κ2) is 8.70. The molecule has 3 rings (SSSR count). The molecule has 1 aromatic rings. The van der Waals surface area contributed by atoms with E-state index in [1.165, 1.54) is 31.2 Å². The molecule has 0 atom stereocenters. The van der Waals surface area contributed by atoms with Crippen LogP contribution in [0, 0.1) is 5.92 Å². The fraction of sp³-hybridized carbons (Fsp3) is 0.667. The van der Waals surface area contributed by atoms with Crippen LogP contribution in [0.25, 0.3) is 0 Å². The van der Waals surface area contributed by atoms with Gasteiger partial charge in [-0.25, -0.2) is 0 Å². The first-order valence-electron chi connectivity index (χ1n) is 9.94. The predicted octanol–water partition coefficient (Wildman–Crippen LogP) is 3.83. The maximum absolute atomic E-state index is 12.7. The molecule has 1 saturated carbocycles. The number of nitrogens with zero attached hydrogens (tertiary/aromatic N) is 2. The van der Waals surface area contributed by atoms with Crippen LogP contribution >= 0.6 is 0 Å². The minimum absolute atomic E-state index is 0.303. The lowest BCUT2D eigenvalue weighted by Gasteiger charge is -2.22. The molecule has 1 amide bonds. The van der Waals surface area contributed by atoms with Gasteiger partial charge in [-0.2, -0.15) is 0 Å². The third-order valence-electron chi connectivity index (χ3n) is 5.70. The second-order valence-electron chi connectivity index (χ2n) is 7.42. The van der Waals surface area contributed by atoms with Crippen LogP contribution < -0.4 is 4.74 Å². The van der Waals surface area contributed by atoms with E-state index in [1.807, 2.05) is 4.90 Å². The number of rotatable bonds is 6. The van der Waals surface area contributed by atoms with Crippen LogP contribution in [0.4, 0.5) is 0 Å². The molecule has 0 saturated heterocycles. The molecule has 0 unspecified atom stereocenters. The van der Waals surface area contributed by atoms with Gasteiger partial charge in [0.15, 0.2) is 0 Å². The van der Waals surface area contributed by atoms with Crippen LogP contribution in [0.1, 0.15) is 57.1 Å². The quantitative estimate of drug-likeness (QED) is 0.786. The third kappa shape index (κ3) is 4.75. The molecule has 1 fully saturated rings. The van der Waals surface area contributed by atoms with Crippen molar-refractivity contribution in [1.82, 2.24) is 9.80 Å². The summed E-state index contributed by atoms with van der Waals surface area (Å²) in [6.07, 6.45) is 5.74. The fourth-order valence-electron chi connectivity index (χ4n) is 4.05. The first kappa shape index (κ1) is 18.2. The number of benzene rings is 1. The number of ether oxygens (including phenoxy) is 1. The highest BCUT2D eigenvalue weighted by Crippen LogP contribution is 2.30. The van der Waals surface area contributed by atoms with Gasteiger partial charge < -0.3 is 9.64 Å². The summed E-state index contributed by atoms with van der Waals surface area (Å²) in [6, 6.07) is 6.47. The van der Waals surface area contributed by atoms with Gasteiger partial charge in [0.05, 0.1) is 6.54 Å². The van der Waals surface area contributed by atoms with E-state index in [2.05, 4.69) is 36.9 Å². The molecule has 1 aromatic carbocycles. The molecule has 0 aromatic heterocycles. The summed E-state index contributed by atoms with van der Waals surface area (Å²) >= 11 is 0. The zero-order chi connectivity index (χ0) is 17.6. The van der Waals surface area contributed by atoms with Gasteiger partial charge in [0.25, 0.3) is 0 Å². The first-order chi connectivity index (χ1) is 12.2. The summed E-state index contributed by atoms with van der Waals surface area (Å²) in [6.45, 7) is 9.43. The van der Waals surface area contributed by atoms with E-state index < -0.39 is 0 Å². The largest absolute Gasteiger partial charge is 0.491 e. The van der Waals surface area contributed by atoms with Crippen molar-refractivity contribution in [2.45, 2.75) is 59.0 Å². The Kier molecular flexibility index (Phi) is 6.35. The van der Waals surface area contributed by atoms with Crippen molar-refractivity contribution in [3.8, 4) is 5.75 Å². The van der Waals surface area contributed by atoms with Crippen LogP contribution in [0.5, 0.6) is 5.75 Å². The molecular weight excluding hydrogens is 312 g/mol. The van der Waals surface area contributed by atoms with Gasteiger partial charge in [0.1, 0.15) is 12.4 Å². The molecular formula is C21H32N2O2. The Bertz CT molecular complexity index is 577. The SMILES string of the molecule is CCN(CC)Cc1ccc2c(c1)CN(C(=O)CC1CCCC1)CCO2. The number of hydrogen-bond acceptors (Lipinski definition) is 3. The number of carbonyl (C=O) groups is 1. The van der Waals surface area contributed by atoms with Crippen LogP contribution in [0.3, 0.4) is 0 Å². The first-order valence-corrected chi connectivity index (χ1v) is 9.94. The van der Waals surface area contributed by atoms with Crippen LogP contribution in [-0.2, 0) is 17.9 Å². The number of fused-ring (bicyclic) bond motifs is 1. The van der Waals surface area contributed by atoms with E-state index >= 15 is 0 Å². The van der Waals surface area contributed by atoms with Gasteiger partial charge in [-0.15, -0.1) is 0 Å². The molecule has 0 radical (unpaired) electrons. The predicted molar refractivity (Wildman–Crippen MR) is 101 cm³/mol. The number of hydrogen-bond donors (Lipinski definition) is 0. The average Bonchev–Trinajstić information content (AvgIpc) is 3.03. The van der Waals surface area contributed by atoms with E-state index in [4.69, 9.17) is 4.74 Å². The lowest BCUT2D eigenvalue weighted by Crippen LogP contribution is -2.33. The standard InChI is InChI=1S/C21H32N2O2/c1-3-22(4-2)15-18-9-10-20-19(13-18)16-23(11-12-25-20)21(24)14-17-7-5-6-8-17/h9-10,13,17H,3-8,11-12,14-16H2,1-2H3. The van der Waals surface area contributed by atoms with Gasteiger partial charge in [0.2, 0.25) is 5.91 Å². The number of amides is 1. The van der Waals surface area contributed by atoms with Crippen LogP contribution in [0.2, 0.25) is 0 Å². The summed E-state index contributed by atoms with van der Waals surface area (Å²) in [5.74, 6) is 1.85. The normalized spacial score (nSPS) is 18.1. The molecule has 1 aliphatic heterocycles. The van der Waals surface area contributed by atoms with E-state index in [1.54, 1.807) is 0 Å². The van der Waals surface area contributed by atoms with E-state index in [-0.39, 0.29) is 0 Å². The summed E-state index contributed by atoms with van der Waals surface area (Å²) < 4.78 is 5.90. The molecule has 2 aliphatic rings. The van der Waals surface area contributed by atoms with Crippen molar-refractivity contribution in [2.75, 3.05) is 26.2 Å². The van der Waals surface area contributed by atoms with Crippen molar-refractivity contribution in [1.29, 1.82) is 0 Å². The highest BCUT2D eigenvalue weighted by Gasteiger charge is 2.24. The summed E-state index contributed by atoms with van der Waals surface area (Å²) in [7, 11) is 0. The van der Waals surface area contributed by atoms with Gasteiger partial charge in [-0.05, 0) is 49.5 Å². The Morgan fingerprint density at radius 1 is 1.24 bits per heavy atom. The molecule has 4 heteroatoms. The third-order valence-corrected chi connectivity index (χ3v) is 5.70. The van der Waals surface area contributed by atoms with Gasteiger partial charge in [0, 0.05) is 25.1 Å². The maximum Gasteiger partial charge on any atom is 0.223 e. The van der Waals surface area contributed by atoms with Crippen molar-refractivity contribution < 1.29 is 9.53 Å². The Labute approximate surface area is 152 Å². The smallest absolute Gasteiger partial charge is 0.223 e. The zero-order valence-electron chi connectivity index (χ0n) is 15.8. The minimum atomic E-state index is 0.303. The molecule has 4 nitrogen and oxygen atoms in total. The molecule has 0 N–H and O–H groups in total. The molecule has 1 heterocycles. The summed E-state index contributed by atoms with van der Waals surface area (Å²) in [4.78, 5) is 17.1. The van der Waals surface area contributed by atoms with Crippen molar-refractivity contribution in [3.63, 3.8) is 0 Å². The molecule has 1 aliphatic carbocycles. The Hall–Kier alpha value is -1.55. The van der Waals surface area contributed by atoms with Crippen LogP contribution in [-0.4, -0.2) is 41.9 Å². The van der Waals surface area contributed by atoms with E-state index in [0.29, 0.717) is 37.9 Å². The lowest BCUT2D eigenvalue weighted by atomic mass is 10.0. The highest BCUT2D eigenvalue weighted by molar-refractivity contribution is 5.76. The molecule has 25 heavy (non-hydrogen) atoms. The summed E-state index contributed by atoms with van der Waals surface area (Å²) in [5, 5.41) is 0. The van der Waals surface area contributed by atoms with Gasteiger partial charge >= 0.3 is 0 Å². The second-order valence-corrected chi connectivity index (χ2v) is 7.42. The van der Waals surface area contributed by atoms with Crippen molar-refractivity contribution in [3.05, 3.63) is 29.3 Å². The Morgan fingerprint density at radius 2 is 2.00 bits per heavy atom. The number of carbonyl (C=O) groups excluding carboxylic acids is 1. The Morgan fingerprint density at radius 3 is 2.72 bits per heavy atom.